The van der Waals surface area contributed by atoms with Gasteiger partial charge in [-0.05, 0) is 43.5 Å². The third-order valence-electron chi connectivity index (χ3n) is 4.23. The van der Waals surface area contributed by atoms with Gasteiger partial charge in [0, 0.05) is 24.3 Å². The zero-order chi connectivity index (χ0) is 15.5. The van der Waals surface area contributed by atoms with Crippen LogP contribution >= 0.6 is 11.6 Å². The van der Waals surface area contributed by atoms with Gasteiger partial charge in [-0.15, -0.1) is 0 Å². The lowest BCUT2D eigenvalue weighted by Crippen LogP contribution is -2.31. The molecule has 1 aromatic carbocycles. The number of rotatable bonds is 3. The third-order valence-corrected chi connectivity index (χ3v) is 4.48. The van der Waals surface area contributed by atoms with E-state index >= 15 is 0 Å². The highest BCUT2D eigenvalue weighted by molar-refractivity contribution is 6.30. The van der Waals surface area contributed by atoms with Gasteiger partial charge in [-0.25, -0.2) is 0 Å². The number of hydrogen-bond acceptors (Lipinski definition) is 3. The summed E-state index contributed by atoms with van der Waals surface area (Å²) < 4.78 is 0. The van der Waals surface area contributed by atoms with Crippen LogP contribution in [0.1, 0.15) is 36.3 Å². The molecule has 1 atom stereocenters. The fraction of sp³-hybridized carbons (Fsp3) is 0.333. The first-order chi connectivity index (χ1) is 10.6. The molecule has 0 aliphatic carbocycles. The van der Waals surface area contributed by atoms with Crippen molar-refractivity contribution >= 4 is 17.2 Å². The fourth-order valence-electron chi connectivity index (χ4n) is 2.77. The molecular formula is C18H20ClN3. The summed E-state index contributed by atoms with van der Waals surface area (Å²) in [5.41, 5.74) is 4.66. The predicted molar refractivity (Wildman–Crippen MR) is 90.8 cm³/mol. The number of aryl methyl sites for hydroxylation is 1. The molecule has 0 radical (unpaired) electrons. The lowest BCUT2D eigenvalue weighted by atomic mass is 9.98. The van der Waals surface area contributed by atoms with Crippen LogP contribution in [-0.4, -0.2) is 28.0 Å². The highest BCUT2D eigenvalue weighted by atomic mass is 35.5. The maximum Gasteiger partial charge on any atom is 0.0755 e. The van der Waals surface area contributed by atoms with Gasteiger partial charge in [0.1, 0.15) is 0 Å². The number of nitrogens with zero attached hydrogens (tertiary/aromatic N) is 3. The number of benzene rings is 1. The zero-order valence-corrected chi connectivity index (χ0v) is 13.7. The summed E-state index contributed by atoms with van der Waals surface area (Å²) >= 11 is 5.95. The summed E-state index contributed by atoms with van der Waals surface area (Å²) in [6, 6.07) is 8.39. The van der Waals surface area contributed by atoms with E-state index in [1.54, 1.807) is 0 Å². The van der Waals surface area contributed by atoms with E-state index in [4.69, 9.17) is 11.6 Å². The van der Waals surface area contributed by atoms with Gasteiger partial charge in [0.05, 0.1) is 23.6 Å². The number of hydrogen-bond donors (Lipinski definition) is 0. The van der Waals surface area contributed by atoms with E-state index in [1.165, 1.54) is 11.1 Å². The molecule has 0 fully saturated rings. The number of halogens is 1. The molecule has 2 aromatic rings. The van der Waals surface area contributed by atoms with E-state index in [0.29, 0.717) is 0 Å². The fourth-order valence-corrected chi connectivity index (χ4v) is 2.89. The Morgan fingerprint density at radius 3 is 2.50 bits per heavy atom. The summed E-state index contributed by atoms with van der Waals surface area (Å²) in [6.07, 6.45) is 7.08. The molecule has 3 rings (SSSR count). The lowest BCUT2D eigenvalue weighted by Gasteiger charge is -2.31. The van der Waals surface area contributed by atoms with Crippen LogP contribution in [0.4, 0.5) is 0 Å². The molecule has 4 heteroatoms. The normalized spacial score (nSPS) is 17.1. The van der Waals surface area contributed by atoms with Crippen molar-refractivity contribution in [2.24, 2.45) is 0 Å². The van der Waals surface area contributed by atoms with Gasteiger partial charge in [-0.3, -0.25) is 14.9 Å². The van der Waals surface area contributed by atoms with Crippen LogP contribution in [-0.2, 0) is 0 Å². The standard InChI is InChI=1S/C18H20ClN3/c1-13-11-21-18(12-20-13)14(2)22-9-7-16(8-10-22)15-3-5-17(19)6-4-15/h3-7,11-12,14H,8-10H2,1-2H3. The average molecular weight is 314 g/mol. The first-order valence-corrected chi connectivity index (χ1v) is 7.99. The minimum Gasteiger partial charge on any atom is -0.291 e. The van der Waals surface area contributed by atoms with Crippen molar-refractivity contribution in [1.82, 2.24) is 14.9 Å². The Morgan fingerprint density at radius 1 is 1.14 bits per heavy atom. The maximum absolute atomic E-state index is 5.95. The van der Waals surface area contributed by atoms with E-state index in [-0.39, 0.29) is 6.04 Å². The van der Waals surface area contributed by atoms with E-state index in [2.05, 4.69) is 40.0 Å². The highest BCUT2D eigenvalue weighted by Crippen LogP contribution is 2.27. The molecule has 0 N–H and O–H groups in total. The minimum absolute atomic E-state index is 0.288. The molecule has 1 aliphatic rings. The van der Waals surface area contributed by atoms with Crippen molar-refractivity contribution in [2.75, 3.05) is 13.1 Å². The van der Waals surface area contributed by atoms with Crippen molar-refractivity contribution in [2.45, 2.75) is 26.3 Å². The zero-order valence-electron chi connectivity index (χ0n) is 13.0. The molecule has 1 aliphatic heterocycles. The van der Waals surface area contributed by atoms with Gasteiger partial charge in [0.2, 0.25) is 0 Å². The monoisotopic (exact) mass is 313 g/mol. The summed E-state index contributed by atoms with van der Waals surface area (Å²) in [7, 11) is 0. The van der Waals surface area contributed by atoms with E-state index in [0.717, 1.165) is 35.9 Å². The second kappa shape index (κ2) is 6.59. The molecule has 1 unspecified atom stereocenters. The Labute approximate surface area is 136 Å². The van der Waals surface area contributed by atoms with Crippen LogP contribution in [0.3, 0.4) is 0 Å². The summed E-state index contributed by atoms with van der Waals surface area (Å²) in [5.74, 6) is 0. The van der Waals surface area contributed by atoms with Crippen LogP contribution in [0.5, 0.6) is 0 Å². The van der Waals surface area contributed by atoms with Crippen LogP contribution in [0.25, 0.3) is 5.57 Å². The second-order valence-electron chi connectivity index (χ2n) is 5.74. The average Bonchev–Trinajstić information content (AvgIpc) is 2.56. The molecule has 0 amide bonds. The van der Waals surface area contributed by atoms with E-state index < -0.39 is 0 Å². The molecule has 3 nitrogen and oxygen atoms in total. The van der Waals surface area contributed by atoms with Gasteiger partial charge in [-0.2, -0.15) is 0 Å². The molecule has 0 saturated heterocycles. The van der Waals surface area contributed by atoms with Gasteiger partial charge in [0.15, 0.2) is 0 Å². The summed E-state index contributed by atoms with van der Waals surface area (Å²) in [5, 5.41) is 0.786. The summed E-state index contributed by atoms with van der Waals surface area (Å²) in [6.45, 7) is 6.13. The largest absolute Gasteiger partial charge is 0.291 e. The number of aromatic nitrogens is 2. The Morgan fingerprint density at radius 2 is 1.91 bits per heavy atom. The molecule has 0 saturated carbocycles. The molecular weight excluding hydrogens is 294 g/mol. The van der Waals surface area contributed by atoms with Crippen LogP contribution in [0.2, 0.25) is 5.02 Å². The van der Waals surface area contributed by atoms with Crippen LogP contribution in [0.15, 0.2) is 42.7 Å². The molecule has 0 bridgehead atoms. The van der Waals surface area contributed by atoms with Gasteiger partial charge >= 0.3 is 0 Å². The van der Waals surface area contributed by atoms with Crippen LogP contribution < -0.4 is 0 Å². The predicted octanol–water partition coefficient (Wildman–Crippen LogP) is 4.29. The Hall–Kier alpha value is -1.71. The van der Waals surface area contributed by atoms with Crippen molar-refractivity contribution in [3.8, 4) is 0 Å². The van der Waals surface area contributed by atoms with Crippen molar-refractivity contribution in [1.29, 1.82) is 0 Å². The molecule has 22 heavy (non-hydrogen) atoms. The van der Waals surface area contributed by atoms with Crippen molar-refractivity contribution < 1.29 is 0 Å². The van der Waals surface area contributed by atoms with Gasteiger partial charge < -0.3 is 0 Å². The lowest BCUT2D eigenvalue weighted by molar-refractivity contribution is 0.229. The third kappa shape index (κ3) is 3.37. The maximum atomic E-state index is 5.95. The topological polar surface area (TPSA) is 29.0 Å². The quantitative estimate of drug-likeness (QED) is 0.846. The first-order valence-electron chi connectivity index (χ1n) is 7.61. The van der Waals surface area contributed by atoms with E-state index in [9.17, 15) is 0 Å². The van der Waals surface area contributed by atoms with Gasteiger partial charge in [0.25, 0.3) is 0 Å². The van der Waals surface area contributed by atoms with Gasteiger partial charge in [-0.1, -0.05) is 29.8 Å². The van der Waals surface area contributed by atoms with Crippen molar-refractivity contribution in [3.05, 3.63) is 64.7 Å². The highest BCUT2D eigenvalue weighted by Gasteiger charge is 2.20. The first kappa shape index (κ1) is 15.2. The van der Waals surface area contributed by atoms with Crippen molar-refractivity contribution in [3.63, 3.8) is 0 Å². The smallest absolute Gasteiger partial charge is 0.0755 e. The van der Waals surface area contributed by atoms with E-state index in [1.807, 2.05) is 31.5 Å². The molecule has 2 heterocycles. The molecule has 1 aromatic heterocycles. The molecule has 114 valence electrons. The summed E-state index contributed by atoms with van der Waals surface area (Å²) in [4.78, 5) is 11.3. The van der Waals surface area contributed by atoms with Crippen LogP contribution in [0, 0.1) is 6.92 Å². The minimum atomic E-state index is 0.288. The Kier molecular flexibility index (Phi) is 4.55. The Balaban J connectivity index is 1.70. The second-order valence-corrected chi connectivity index (χ2v) is 6.18. The molecule has 0 spiro atoms. The SMILES string of the molecule is Cc1cnc(C(C)N2CC=C(c3ccc(Cl)cc3)CC2)cn1. The Bertz CT molecular complexity index is 662.